The summed E-state index contributed by atoms with van der Waals surface area (Å²) in [6, 6.07) is 18.0. The molecule has 1 heterocycles. The Labute approximate surface area is 154 Å². The molecule has 5 heteroatoms. The van der Waals surface area contributed by atoms with E-state index in [0.29, 0.717) is 32.7 Å². The smallest absolute Gasteiger partial charge is 0.160 e. The van der Waals surface area contributed by atoms with Gasteiger partial charge in [0.05, 0.1) is 25.4 Å². The molecule has 0 aliphatic carbocycles. The lowest BCUT2D eigenvalue weighted by Crippen LogP contribution is -2.38. The topological polar surface area (TPSA) is 57.2 Å². The fourth-order valence-corrected chi connectivity index (χ4v) is 2.94. The zero-order chi connectivity index (χ0) is 18.2. The minimum atomic E-state index is -0.400. The molecule has 1 fully saturated rings. The van der Waals surface area contributed by atoms with Crippen LogP contribution in [0.3, 0.4) is 0 Å². The highest BCUT2D eigenvalue weighted by atomic mass is 16.7. The third kappa shape index (κ3) is 5.81. The van der Waals surface area contributed by atoms with Gasteiger partial charge in [0.25, 0.3) is 0 Å². The summed E-state index contributed by atoms with van der Waals surface area (Å²) in [4.78, 5) is 0. The SMILES string of the molecule is COC1CC(O)CC(COCc2ccc(OCc3ccccc3)cc2)O1. The third-order valence-corrected chi connectivity index (χ3v) is 4.35. The van der Waals surface area contributed by atoms with E-state index in [1.807, 2.05) is 54.6 Å². The molecule has 140 valence electrons. The van der Waals surface area contributed by atoms with E-state index in [1.54, 1.807) is 7.11 Å². The Balaban J connectivity index is 1.40. The molecule has 2 aromatic carbocycles. The van der Waals surface area contributed by atoms with Crippen LogP contribution in [0.4, 0.5) is 0 Å². The van der Waals surface area contributed by atoms with Crippen molar-refractivity contribution in [2.45, 2.75) is 44.6 Å². The summed E-state index contributed by atoms with van der Waals surface area (Å²) >= 11 is 0. The van der Waals surface area contributed by atoms with Gasteiger partial charge in [0, 0.05) is 20.0 Å². The average Bonchev–Trinajstić information content (AvgIpc) is 2.68. The molecule has 5 nitrogen and oxygen atoms in total. The normalized spacial score (nSPS) is 22.9. The zero-order valence-corrected chi connectivity index (χ0v) is 15.0. The molecule has 1 aliphatic heterocycles. The van der Waals surface area contributed by atoms with E-state index in [2.05, 4.69) is 0 Å². The van der Waals surface area contributed by atoms with Crippen LogP contribution >= 0.6 is 0 Å². The Morgan fingerprint density at radius 3 is 2.42 bits per heavy atom. The van der Waals surface area contributed by atoms with Crippen molar-refractivity contribution in [3.63, 3.8) is 0 Å². The van der Waals surface area contributed by atoms with Gasteiger partial charge < -0.3 is 24.1 Å². The minimum absolute atomic E-state index is 0.142. The van der Waals surface area contributed by atoms with Gasteiger partial charge in [-0.2, -0.15) is 0 Å². The lowest BCUT2D eigenvalue weighted by molar-refractivity contribution is -0.214. The van der Waals surface area contributed by atoms with E-state index in [1.165, 1.54) is 0 Å². The van der Waals surface area contributed by atoms with Crippen molar-refractivity contribution in [3.8, 4) is 5.75 Å². The monoisotopic (exact) mass is 358 g/mol. The second kappa shape index (κ2) is 9.69. The Morgan fingerprint density at radius 2 is 1.69 bits per heavy atom. The number of methoxy groups -OCH3 is 1. The molecular formula is C21H26O5. The Hall–Kier alpha value is -1.92. The molecule has 26 heavy (non-hydrogen) atoms. The Kier molecular flexibility index (Phi) is 7.03. The van der Waals surface area contributed by atoms with Crippen molar-refractivity contribution >= 4 is 0 Å². The van der Waals surface area contributed by atoms with E-state index < -0.39 is 6.10 Å². The lowest BCUT2D eigenvalue weighted by Gasteiger charge is -2.32. The average molecular weight is 358 g/mol. The molecule has 3 rings (SSSR count). The Bertz CT molecular complexity index is 643. The van der Waals surface area contributed by atoms with Crippen molar-refractivity contribution < 1.29 is 24.1 Å². The molecular weight excluding hydrogens is 332 g/mol. The van der Waals surface area contributed by atoms with Gasteiger partial charge in [-0.1, -0.05) is 42.5 Å². The lowest BCUT2D eigenvalue weighted by atomic mass is 10.1. The Morgan fingerprint density at radius 1 is 0.962 bits per heavy atom. The largest absolute Gasteiger partial charge is 0.489 e. The van der Waals surface area contributed by atoms with Crippen LogP contribution in [0, 0.1) is 0 Å². The van der Waals surface area contributed by atoms with Gasteiger partial charge in [-0.25, -0.2) is 0 Å². The molecule has 0 amide bonds. The van der Waals surface area contributed by atoms with E-state index >= 15 is 0 Å². The van der Waals surface area contributed by atoms with Gasteiger partial charge >= 0.3 is 0 Å². The molecule has 0 bridgehead atoms. The number of hydrogen-bond donors (Lipinski definition) is 1. The van der Waals surface area contributed by atoms with E-state index in [4.69, 9.17) is 18.9 Å². The molecule has 0 aromatic heterocycles. The maximum Gasteiger partial charge on any atom is 0.160 e. The summed E-state index contributed by atoms with van der Waals surface area (Å²) in [5, 5.41) is 9.83. The van der Waals surface area contributed by atoms with Gasteiger partial charge in [-0.05, 0) is 23.3 Å². The highest BCUT2D eigenvalue weighted by Gasteiger charge is 2.28. The fraction of sp³-hybridized carbons (Fsp3) is 0.429. The van der Waals surface area contributed by atoms with Gasteiger partial charge in [-0.15, -0.1) is 0 Å². The molecule has 1 saturated heterocycles. The number of rotatable bonds is 8. The molecule has 0 spiro atoms. The van der Waals surface area contributed by atoms with Crippen LogP contribution in [0.5, 0.6) is 5.75 Å². The first-order chi connectivity index (χ1) is 12.7. The minimum Gasteiger partial charge on any atom is -0.489 e. The molecule has 3 unspecified atom stereocenters. The molecule has 2 aromatic rings. The maximum atomic E-state index is 9.83. The fourth-order valence-electron chi connectivity index (χ4n) is 2.94. The highest BCUT2D eigenvalue weighted by molar-refractivity contribution is 5.27. The number of ether oxygens (including phenoxy) is 4. The van der Waals surface area contributed by atoms with Crippen LogP contribution < -0.4 is 4.74 Å². The summed E-state index contributed by atoms with van der Waals surface area (Å²) < 4.78 is 22.4. The van der Waals surface area contributed by atoms with Crippen molar-refractivity contribution in [1.29, 1.82) is 0 Å². The van der Waals surface area contributed by atoms with Crippen LogP contribution in [-0.4, -0.2) is 37.3 Å². The highest BCUT2D eigenvalue weighted by Crippen LogP contribution is 2.21. The number of aliphatic hydroxyl groups excluding tert-OH is 1. The van der Waals surface area contributed by atoms with Crippen LogP contribution in [0.1, 0.15) is 24.0 Å². The summed E-state index contributed by atoms with van der Waals surface area (Å²) in [6.07, 6.45) is 0.192. The van der Waals surface area contributed by atoms with Crippen LogP contribution in [0.15, 0.2) is 54.6 Å². The maximum absolute atomic E-state index is 9.83. The van der Waals surface area contributed by atoms with Gasteiger partial charge in [0.1, 0.15) is 12.4 Å². The van der Waals surface area contributed by atoms with Gasteiger partial charge in [0.15, 0.2) is 6.29 Å². The summed E-state index contributed by atoms with van der Waals surface area (Å²) in [5.74, 6) is 0.833. The second-order valence-corrected chi connectivity index (χ2v) is 6.48. The molecule has 1 aliphatic rings. The molecule has 0 saturated carbocycles. The van der Waals surface area contributed by atoms with E-state index in [9.17, 15) is 5.11 Å². The van der Waals surface area contributed by atoms with E-state index in [-0.39, 0.29) is 12.4 Å². The quantitative estimate of drug-likeness (QED) is 0.785. The standard InChI is InChI=1S/C21H26O5/c1-23-21-12-18(22)11-20(26-21)15-24-13-17-7-9-19(10-8-17)25-14-16-5-3-2-4-6-16/h2-10,18,20-22H,11-15H2,1H3. The summed E-state index contributed by atoms with van der Waals surface area (Å²) in [6.45, 7) is 1.48. The first-order valence-electron chi connectivity index (χ1n) is 8.92. The van der Waals surface area contributed by atoms with Crippen LogP contribution in [-0.2, 0) is 27.4 Å². The first kappa shape index (κ1) is 18.9. The van der Waals surface area contributed by atoms with Crippen molar-refractivity contribution in [1.82, 2.24) is 0 Å². The number of benzene rings is 2. The van der Waals surface area contributed by atoms with Crippen LogP contribution in [0.2, 0.25) is 0 Å². The number of aliphatic hydroxyl groups is 1. The second-order valence-electron chi connectivity index (χ2n) is 6.48. The molecule has 0 radical (unpaired) electrons. The first-order valence-corrected chi connectivity index (χ1v) is 8.92. The number of hydrogen-bond acceptors (Lipinski definition) is 5. The molecule has 3 atom stereocenters. The van der Waals surface area contributed by atoms with Crippen molar-refractivity contribution in [2.75, 3.05) is 13.7 Å². The predicted octanol–water partition coefficient (Wildman–Crippen LogP) is 3.29. The predicted molar refractivity (Wildman–Crippen MR) is 97.8 cm³/mol. The van der Waals surface area contributed by atoms with Crippen molar-refractivity contribution in [3.05, 3.63) is 65.7 Å². The summed E-state index contributed by atoms with van der Waals surface area (Å²) in [7, 11) is 1.59. The van der Waals surface area contributed by atoms with Crippen molar-refractivity contribution in [2.24, 2.45) is 0 Å². The van der Waals surface area contributed by atoms with Gasteiger partial charge in [0.2, 0.25) is 0 Å². The van der Waals surface area contributed by atoms with E-state index in [0.717, 1.165) is 16.9 Å². The van der Waals surface area contributed by atoms with Crippen LogP contribution in [0.25, 0.3) is 0 Å². The third-order valence-electron chi connectivity index (χ3n) is 4.35. The summed E-state index contributed by atoms with van der Waals surface area (Å²) in [5.41, 5.74) is 2.21. The zero-order valence-electron chi connectivity index (χ0n) is 15.0. The molecule has 1 N–H and O–H groups in total. The van der Waals surface area contributed by atoms with Gasteiger partial charge in [-0.3, -0.25) is 0 Å².